The zero-order valence-corrected chi connectivity index (χ0v) is 12.3. The van der Waals surface area contributed by atoms with Crippen LogP contribution < -0.4 is 5.32 Å². The zero-order chi connectivity index (χ0) is 15.2. The molecule has 0 radical (unpaired) electrons. The van der Waals surface area contributed by atoms with Crippen LogP contribution in [0.2, 0.25) is 0 Å². The van der Waals surface area contributed by atoms with Crippen molar-refractivity contribution in [3.8, 4) is 0 Å². The number of carboxylic acid groups (broad SMARTS) is 1. The molecule has 0 unspecified atom stereocenters. The molecule has 21 heavy (non-hydrogen) atoms. The molecule has 5 heteroatoms. The maximum atomic E-state index is 12.1. The number of rotatable bonds is 6. The molecule has 2 N–H and O–H groups in total. The smallest absolute Gasteiger partial charge is 0.317 e. The van der Waals surface area contributed by atoms with Crippen LogP contribution in [0.15, 0.2) is 24.3 Å². The molecule has 1 amide bonds. The van der Waals surface area contributed by atoms with E-state index in [4.69, 9.17) is 5.11 Å². The van der Waals surface area contributed by atoms with Gasteiger partial charge in [-0.05, 0) is 31.9 Å². The molecule has 0 aliphatic heterocycles. The highest BCUT2D eigenvalue weighted by Crippen LogP contribution is 2.23. The zero-order valence-electron chi connectivity index (χ0n) is 12.3. The Morgan fingerprint density at radius 1 is 1.19 bits per heavy atom. The van der Waals surface area contributed by atoms with E-state index >= 15 is 0 Å². The molecular weight excluding hydrogens is 268 g/mol. The lowest BCUT2D eigenvalue weighted by Gasteiger charge is -2.26. The van der Waals surface area contributed by atoms with Crippen LogP contribution >= 0.6 is 0 Å². The molecule has 5 nitrogen and oxygen atoms in total. The highest BCUT2D eigenvalue weighted by Gasteiger charge is 2.25. The molecule has 0 aromatic heterocycles. The molecule has 2 rings (SSSR count). The summed E-state index contributed by atoms with van der Waals surface area (Å²) < 4.78 is 0. The normalized spacial score (nSPS) is 15.3. The summed E-state index contributed by atoms with van der Waals surface area (Å²) in [7, 11) is 0. The number of benzene rings is 1. The van der Waals surface area contributed by atoms with E-state index in [1.807, 2.05) is 31.2 Å². The predicted molar refractivity (Wildman–Crippen MR) is 81.3 cm³/mol. The first-order chi connectivity index (χ1) is 10.0. The van der Waals surface area contributed by atoms with Gasteiger partial charge in [0.05, 0.1) is 13.1 Å². The van der Waals surface area contributed by atoms with E-state index in [2.05, 4.69) is 5.32 Å². The Balaban J connectivity index is 1.93. The SMILES string of the molecule is Cc1ccc(NC(=O)CN(CC(=O)O)C2CCCC2)cc1. The number of hydrogen-bond acceptors (Lipinski definition) is 3. The third-order valence-electron chi connectivity index (χ3n) is 3.86. The van der Waals surface area contributed by atoms with Gasteiger partial charge in [-0.15, -0.1) is 0 Å². The molecule has 1 aliphatic carbocycles. The van der Waals surface area contributed by atoms with E-state index in [1.165, 1.54) is 0 Å². The van der Waals surface area contributed by atoms with Crippen LogP contribution in [-0.2, 0) is 9.59 Å². The van der Waals surface area contributed by atoms with Crippen molar-refractivity contribution >= 4 is 17.6 Å². The van der Waals surface area contributed by atoms with Gasteiger partial charge in [0.25, 0.3) is 0 Å². The Morgan fingerprint density at radius 2 is 1.81 bits per heavy atom. The lowest BCUT2D eigenvalue weighted by atomic mass is 10.2. The fourth-order valence-corrected chi connectivity index (χ4v) is 2.78. The highest BCUT2D eigenvalue weighted by molar-refractivity contribution is 5.92. The van der Waals surface area contributed by atoms with Crippen molar-refractivity contribution in [2.75, 3.05) is 18.4 Å². The molecule has 1 fully saturated rings. The summed E-state index contributed by atoms with van der Waals surface area (Å²) in [5.74, 6) is -1.04. The maximum absolute atomic E-state index is 12.1. The number of carboxylic acids is 1. The number of carbonyl (C=O) groups excluding carboxylic acids is 1. The third kappa shape index (κ3) is 4.86. The molecule has 0 atom stereocenters. The van der Waals surface area contributed by atoms with Crippen molar-refractivity contribution in [2.45, 2.75) is 38.6 Å². The van der Waals surface area contributed by atoms with Gasteiger partial charge in [0.1, 0.15) is 0 Å². The number of amides is 1. The Hall–Kier alpha value is -1.88. The minimum Gasteiger partial charge on any atom is -0.480 e. The van der Waals surface area contributed by atoms with Crippen molar-refractivity contribution in [2.24, 2.45) is 0 Å². The van der Waals surface area contributed by atoms with Crippen LogP contribution in [0.3, 0.4) is 0 Å². The predicted octanol–water partition coefficient (Wildman–Crippen LogP) is 2.26. The Bertz CT molecular complexity index is 493. The van der Waals surface area contributed by atoms with Crippen molar-refractivity contribution < 1.29 is 14.7 Å². The van der Waals surface area contributed by atoms with E-state index in [-0.39, 0.29) is 25.0 Å². The van der Waals surface area contributed by atoms with Gasteiger partial charge in [-0.2, -0.15) is 0 Å². The number of hydrogen-bond donors (Lipinski definition) is 2. The quantitative estimate of drug-likeness (QED) is 0.843. The molecule has 0 heterocycles. The van der Waals surface area contributed by atoms with Crippen LogP contribution in [0.1, 0.15) is 31.2 Å². The van der Waals surface area contributed by atoms with E-state index in [0.717, 1.165) is 36.9 Å². The van der Waals surface area contributed by atoms with Crippen molar-refractivity contribution in [3.05, 3.63) is 29.8 Å². The topological polar surface area (TPSA) is 69.6 Å². The minimum atomic E-state index is -0.884. The van der Waals surface area contributed by atoms with E-state index in [1.54, 1.807) is 4.90 Å². The fourth-order valence-electron chi connectivity index (χ4n) is 2.78. The number of aryl methyl sites for hydroxylation is 1. The number of nitrogens with one attached hydrogen (secondary N) is 1. The molecule has 1 aromatic carbocycles. The first-order valence-electron chi connectivity index (χ1n) is 7.37. The average Bonchev–Trinajstić information content (AvgIpc) is 2.94. The van der Waals surface area contributed by atoms with Crippen LogP contribution in [-0.4, -0.2) is 41.0 Å². The van der Waals surface area contributed by atoms with Gasteiger partial charge in [0, 0.05) is 11.7 Å². The summed E-state index contributed by atoms with van der Waals surface area (Å²) in [5.41, 5.74) is 1.87. The van der Waals surface area contributed by atoms with E-state index in [0.29, 0.717) is 0 Å². The summed E-state index contributed by atoms with van der Waals surface area (Å²) in [4.78, 5) is 24.8. The van der Waals surface area contributed by atoms with Gasteiger partial charge in [-0.1, -0.05) is 30.5 Å². The van der Waals surface area contributed by atoms with Gasteiger partial charge in [-0.3, -0.25) is 14.5 Å². The molecular formula is C16H22N2O3. The standard InChI is InChI=1S/C16H22N2O3/c1-12-6-8-13(9-7-12)17-15(19)10-18(11-16(20)21)14-4-2-3-5-14/h6-9,14H,2-5,10-11H2,1H3,(H,17,19)(H,20,21). The summed E-state index contributed by atoms with van der Waals surface area (Å²) in [5, 5.41) is 11.8. The van der Waals surface area contributed by atoms with Gasteiger partial charge in [0.15, 0.2) is 0 Å². The van der Waals surface area contributed by atoms with Crippen LogP contribution in [0.5, 0.6) is 0 Å². The molecule has 1 aliphatic rings. The number of aliphatic carboxylic acids is 1. The molecule has 0 spiro atoms. The van der Waals surface area contributed by atoms with Crippen LogP contribution in [0, 0.1) is 6.92 Å². The van der Waals surface area contributed by atoms with Gasteiger partial charge >= 0.3 is 5.97 Å². The second-order valence-electron chi connectivity index (χ2n) is 5.65. The van der Waals surface area contributed by atoms with Crippen molar-refractivity contribution in [3.63, 3.8) is 0 Å². The lowest BCUT2D eigenvalue weighted by Crippen LogP contribution is -2.42. The number of nitrogens with zero attached hydrogens (tertiary/aromatic N) is 1. The molecule has 0 bridgehead atoms. The Morgan fingerprint density at radius 3 is 2.38 bits per heavy atom. The van der Waals surface area contributed by atoms with Gasteiger partial charge in [-0.25, -0.2) is 0 Å². The third-order valence-corrected chi connectivity index (χ3v) is 3.86. The van der Waals surface area contributed by atoms with E-state index < -0.39 is 5.97 Å². The number of anilines is 1. The Labute approximate surface area is 125 Å². The molecule has 1 aromatic rings. The van der Waals surface area contributed by atoms with Crippen LogP contribution in [0.4, 0.5) is 5.69 Å². The summed E-state index contributed by atoms with van der Waals surface area (Å²) in [6.07, 6.45) is 4.18. The van der Waals surface area contributed by atoms with Gasteiger partial charge in [0.2, 0.25) is 5.91 Å². The Kier molecular flexibility index (Phi) is 5.33. The van der Waals surface area contributed by atoms with Gasteiger partial charge < -0.3 is 10.4 Å². The second kappa shape index (κ2) is 7.22. The summed E-state index contributed by atoms with van der Waals surface area (Å²) >= 11 is 0. The average molecular weight is 290 g/mol. The largest absolute Gasteiger partial charge is 0.480 e. The first-order valence-corrected chi connectivity index (χ1v) is 7.37. The fraction of sp³-hybridized carbons (Fsp3) is 0.500. The first kappa shape index (κ1) is 15.5. The highest BCUT2D eigenvalue weighted by atomic mass is 16.4. The van der Waals surface area contributed by atoms with Crippen molar-refractivity contribution in [1.82, 2.24) is 4.90 Å². The van der Waals surface area contributed by atoms with E-state index in [9.17, 15) is 9.59 Å². The lowest BCUT2D eigenvalue weighted by molar-refractivity contribution is -0.139. The van der Waals surface area contributed by atoms with Crippen molar-refractivity contribution in [1.29, 1.82) is 0 Å². The monoisotopic (exact) mass is 290 g/mol. The minimum absolute atomic E-state index is 0.0774. The second-order valence-corrected chi connectivity index (χ2v) is 5.65. The molecule has 114 valence electrons. The molecule has 0 saturated heterocycles. The number of carbonyl (C=O) groups is 2. The van der Waals surface area contributed by atoms with Crippen LogP contribution in [0.25, 0.3) is 0 Å². The molecule has 1 saturated carbocycles. The maximum Gasteiger partial charge on any atom is 0.317 e. The summed E-state index contributed by atoms with van der Waals surface area (Å²) in [6, 6.07) is 7.78. The summed E-state index contributed by atoms with van der Waals surface area (Å²) in [6.45, 7) is 2.04.